The number of benzene rings is 2. The smallest absolute Gasteiger partial charge is 0.0558 e. The van der Waals surface area contributed by atoms with Gasteiger partial charge in [-0.25, -0.2) is 0 Å². The molecule has 0 spiro atoms. The molecule has 2 heterocycles. The molecule has 0 aliphatic carbocycles. The van der Waals surface area contributed by atoms with Crippen LogP contribution in [0.5, 0.6) is 0 Å². The molecule has 4 rings (SSSR count). The maximum absolute atomic E-state index is 12.1. The van der Waals surface area contributed by atoms with Gasteiger partial charge in [0.2, 0.25) is 0 Å². The Morgan fingerprint density at radius 1 is 1.07 bits per heavy atom. The van der Waals surface area contributed by atoms with E-state index in [9.17, 15) is 9.32 Å². The lowest BCUT2D eigenvalue weighted by Gasteiger charge is -2.39. The first-order valence-corrected chi connectivity index (χ1v) is 11.8. The van der Waals surface area contributed by atoms with Crippen molar-refractivity contribution in [3.8, 4) is 0 Å². The van der Waals surface area contributed by atoms with Crippen molar-refractivity contribution in [3.63, 3.8) is 0 Å². The third-order valence-corrected chi connectivity index (χ3v) is 7.67. The molecule has 2 aliphatic heterocycles. The highest BCUT2D eigenvalue weighted by Gasteiger charge is 2.30. The highest BCUT2D eigenvalue weighted by atomic mass is 35.5. The first kappa shape index (κ1) is 24.7. The van der Waals surface area contributed by atoms with Crippen LogP contribution in [-0.4, -0.2) is 64.7 Å². The molecule has 160 valence electrons. The van der Waals surface area contributed by atoms with Crippen molar-refractivity contribution in [2.75, 3.05) is 45.6 Å². The Kier molecular flexibility index (Phi) is 9.48. The van der Waals surface area contributed by atoms with Crippen molar-refractivity contribution in [1.29, 1.82) is 0 Å². The normalized spacial score (nSPS) is 20.4. The number of hydrogen-bond donors (Lipinski definition) is 1. The van der Waals surface area contributed by atoms with Gasteiger partial charge in [0.15, 0.2) is 0 Å². The average molecular weight is 476 g/mol. The predicted octanol–water partition coefficient (Wildman–Crippen LogP) is 3.63. The third-order valence-electron chi connectivity index (χ3n) is 5.54. The molecule has 2 atom stereocenters. The summed E-state index contributed by atoms with van der Waals surface area (Å²) in [6.07, 6.45) is 2.74. The Labute approximate surface area is 192 Å². The fourth-order valence-electron chi connectivity index (χ4n) is 4.03. The summed E-state index contributed by atoms with van der Waals surface area (Å²) in [5.74, 6) is 0. The molecule has 1 fully saturated rings. The zero-order valence-electron chi connectivity index (χ0n) is 16.5. The van der Waals surface area contributed by atoms with Crippen LogP contribution in [0.25, 0.3) is 0 Å². The first-order valence-electron chi connectivity index (χ1n) is 9.46. The van der Waals surface area contributed by atoms with Crippen molar-refractivity contribution < 1.29 is 9.32 Å². The summed E-state index contributed by atoms with van der Waals surface area (Å²) in [4.78, 5) is 8.40. The highest BCUT2D eigenvalue weighted by Crippen LogP contribution is 2.43. The van der Waals surface area contributed by atoms with Gasteiger partial charge < -0.3 is 5.11 Å². The molecule has 1 N–H and O–H groups in total. The zero-order chi connectivity index (χ0) is 18.8. The van der Waals surface area contributed by atoms with Crippen LogP contribution in [-0.2, 0) is 17.2 Å². The van der Waals surface area contributed by atoms with Gasteiger partial charge in [-0.2, -0.15) is 0 Å². The maximum Gasteiger partial charge on any atom is 0.0558 e. The van der Waals surface area contributed by atoms with Gasteiger partial charge in [0.05, 0.1) is 6.61 Å². The van der Waals surface area contributed by atoms with Gasteiger partial charge in [-0.05, 0) is 41.8 Å². The topological polar surface area (TPSA) is 43.8 Å². The Morgan fingerprint density at radius 3 is 2.48 bits per heavy atom. The molecule has 0 bridgehead atoms. The first-order chi connectivity index (χ1) is 13.2. The van der Waals surface area contributed by atoms with Crippen LogP contribution in [0.1, 0.15) is 17.2 Å². The monoisotopic (exact) mass is 474 g/mol. The molecular weight excluding hydrogens is 447 g/mol. The molecule has 2 unspecified atom stereocenters. The molecule has 0 amide bonds. The van der Waals surface area contributed by atoms with Gasteiger partial charge in [-0.15, -0.1) is 24.8 Å². The average Bonchev–Trinajstić information content (AvgIpc) is 2.85. The summed E-state index contributed by atoms with van der Waals surface area (Å²) in [6, 6.07) is 15.3. The molecule has 4 nitrogen and oxygen atoms in total. The van der Waals surface area contributed by atoms with Crippen molar-refractivity contribution >= 4 is 47.4 Å². The van der Waals surface area contributed by atoms with Crippen LogP contribution >= 0.6 is 36.6 Å². The molecule has 2 aliphatic rings. The lowest BCUT2D eigenvalue weighted by Crippen LogP contribution is -2.48. The summed E-state index contributed by atoms with van der Waals surface area (Å²) in [5.41, 5.74) is 2.69. The lowest BCUT2D eigenvalue weighted by molar-refractivity contribution is 0.0823. The largest absolute Gasteiger partial charge is 0.395 e. The van der Waals surface area contributed by atoms with E-state index in [-0.39, 0.29) is 31.4 Å². The third kappa shape index (κ3) is 5.56. The molecule has 2 aromatic carbocycles. The fourth-order valence-corrected chi connectivity index (χ4v) is 5.70. The van der Waals surface area contributed by atoms with E-state index in [1.807, 2.05) is 17.8 Å². The van der Waals surface area contributed by atoms with Gasteiger partial charge in [-0.1, -0.05) is 30.0 Å². The number of aliphatic hydroxyl groups is 1. The summed E-state index contributed by atoms with van der Waals surface area (Å²) in [7, 11) is -0.975. The molecule has 2 aromatic rings. The summed E-state index contributed by atoms with van der Waals surface area (Å²) < 4.78 is 12.1. The van der Waals surface area contributed by atoms with Gasteiger partial charge >= 0.3 is 0 Å². The summed E-state index contributed by atoms with van der Waals surface area (Å²) in [5, 5.41) is 9.21. The Hall–Kier alpha value is -0.600. The minimum Gasteiger partial charge on any atom is -0.395 e. The molecule has 0 saturated carbocycles. The Morgan fingerprint density at radius 2 is 1.79 bits per heavy atom. The summed E-state index contributed by atoms with van der Waals surface area (Å²) in [6.45, 7) is 4.95. The van der Waals surface area contributed by atoms with Gasteiger partial charge in [0.25, 0.3) is 0 Å². The van der Waals surface area contributed by atoms with Gasteiger partial charge in [0.1, 0.15) is 0 Å². The maximum atomic E-state index is 12.1. The lowest BCUT2D eigenvalue weighted by atomic mass is 9.96. The Balaban J connectivity index is 0.00000150. The minimum absolute atomic E-state index is 0. The number of hydrogen-bond acceptors (Lipinski definition) is 5. The molecule has 0 radical (unpaired) electrons. The van der Waals surface area contributed by atoms with Crippen molar-refractivity contribution in [2.45, 2.75) is 27.1 Å². The van der Waals surface area contributed by atoms with Crippen LogP contribution in [0.3, 0.4) is 0 Å². The highest BCUT2D eigenvalue weighted by molar-refractivity contribution is 7.99. The van der Waals surface area contributed by atoms with Crippen molar-refractivity contribution in [2.24, 2.45) is 0 Å². The quantitative estimate of drug-likeness (QED) is 0.732. The minimum atomic E-state index is -0.975. The van der Waals surface area contributed by atoms with E-state index < -0.39 is 10.8 Å². The summed E-state index contributed by atoms with van der Waals surface area (Å²) >= 11 is 1.83. The van der Waals surface area contributed by atoms with Crippen LogP contribution in [0.4, 0.5) is 0 Å². The second-order valence-electron chi connectivity index (χ2n) is 7.18. The number of halogens is 2. The number of fused-ring (bicyclic) bond motifs is 2. The number of piperazine rings is 1. The van der Waals surface area contributed by atoms with E-state index in [1.54, 1.807) is 6.26 Å². The van der Waals surface area contributed by atoms with Crippen LogP contribution < -0.4 is 0 Å². The molecule has 29 heavy (non-hydrogen) atoms. The molecule has 8 heteroatoms. The predicted molar refractivity (Wildman–Crippen MR) is 125 cm³/mol. The van der Waals surface area contributed by atoms with E-state index >= 15 is 0 Å². The van der Waals surface area contributed by atoms with Gasteiger partial charge in [-0.3, -0.25) is 14.0 Å². The van der Waals surface area contributed by atoms with Crippen molar-refractivity contribution in [1.82, 2.24) is 9.80 Å². The van der Waals surface area contributed by atoms with Gasteiger partial charge in [0, 0.05) is 70.5 Å². The standard InChI is InChI=1S/C21H26N2O2S2.2ClH/c1-27(25)17-6-7-21-18(15-17)19(14-16-4-2-3-5-20(16)26-21)23-10-8-22(9-11-23)12-13-24;;/h2-7,15,19,24H,8-14H2,1H3;2*1H. The van der Waals surface area contributed by atoms with Crippen LogP contribution in [0.2, 0.25) is 0 Å². The fraction of sp³-hybridized carbons (Fsp3) is 0.429. The zero-order valence-corrected chi connectivity index (χ0v) is 19.7. The van der Waals surface area contributed by atoms with Crippen LogP contribution in [0, 0.1) is 0 Å². The molecule has 0 aromatic heterocycles. The molecular formula is C21H28Cl2N2O2S2. The number of aliphatic hydroxyl groups excluding tert-OH is 1. The second kappa shape index (κ2) is 11.1. The number of β-amino-alcohol motifs (C(OH)–C–C–N with tert-alkyl or cyclic N) is 1. The van der Waals surface area contributed by atoms with E-state index in [2.05, 4.69) is 46.2 Å². The Bertz CT molecular complexity index is 845. The van der Waals surface area contributed by atoms with Crippen LogP contribution in [0.15, 0.2) is 57.2 Å². The SMILES string of the molecule is CS(=O)c1ccc2c(c1)C(N1CCN(CCO)CC1)Cc1ccccc1S2.Cl.Cl. The number of nitrogens with zero attached hydrogens (tertiary/aromatic N) is 2. The number of rotatable bonds is 4. The van der Waals surface area contributed by atoms with E-state index in [4.69, 9.17) is 0 Å². The van der Waals surface area contributed by atoms with Crippen molar-refractivity contribution in [3.05, 3.63) is 53.6 Å². The van der Waals surface area contributed by atoms with E-state index in [0.29, 0.717) is 6.04 Å². The van der Waals surface area contributed by atoms with E-state index in [1.165, 1.54) is 20.9 Å². The van der Waals surface area contributed by atoms with E-state index in [0.717, 1.165) is 44.0 Å². The molecule has 1 saturated heterocycles. The second-order valence-corrected chi connectivity index (χ2v) is 9.65.